The van der Waals surface area contributed by atoms with Crippen molar-refractivity contribution in [2.45, 2.75) is 44.0 Å². The van der Waals surface area contributed by atoms with Gasteiger partial charge < -0.3 is 4.74 Å². The van der Waals surface area contributed by atoms with Crippen molar-refractivity contribution in [3.8, 4) is 6.07 Å². The Morgan fingerprint density at radius 1 is 1.00 bits per heavy atom. The summed E-state index contributed by atoms with van der Waals surface area (Å²) in [5, 5.41) is 19.2. The summed E-state index contributed by atoms with van der Waals surface area (Å²) in [6, 6.07) is 29.1. The fourth-order valence-corrected chi connectivity index (χ4v) is 4.63. The van der Waals surface area contributed by atoms with Crippen LogP contribution in [0.2, 0.25) is 0 Å². The van der Waals surface area contributed by atoms with Gasteiger partial charge in [-0.25, -0.2) is 4.68 Å². The summed E-state index contributed by atoms with van der Waals surface area (Å²) < 4.78 is 7.92. The van der Waals surface area contributed by atoms with Crippen LogP contribution >= 0.6 is 0 Å². The number of ether oxygens (including phenoxy) is 1. The molecule has 4 aromatic rings. The molecular weight excluding hydrogens is 408 g/mol. The summed E-state index contributed by atoms with van der Waals surface area (Å²) in [6.45, 7) is 0.795. The molecule has 0 aliphatic carbocycles. The first-order valence-electron chi connectivity index (χ1n) is 11.6. The Morgan fingerprint density at radius 3 is 2.36 bits per heavy atom. The lowest BCUT2D eigenvalue weighted by molar-refractivity contribution is -0.0366. The third-order valence-corrected chi connectivity index (χ3v) is 6.32. The second-order valence-electron chi connectivity index (χ2n) is 8.61. The first-order valence-corrected chi connectivity index (χ1v) is 11.6. The molecule has 33 heavy (non-hydrogen) atoms. The molecule has 2 unspecified atom stereocenters. The average Bonchev–Trinajstić information content (AvgIpc) is 3.31. The Bertz CT molecular complexity index is 1180. The number of hydrogen-bond acceptors (Lipinski definition) is 4. The maximum atomic E-state index is 9.97. The molecule has 0 radical (unpaired) electrons. The number of benzene rings is 3. The Kier molecular flexibility index (Phi) is 6.48. The maximum Gasteiger partial charge on any atom is 0.150 e. The van der Waals surface area contributed by atoms with Crippen molar-refractivity contribution in [2.75, 3.05) is 6.61 Å². The molecule has 0 spiro atoms. The van der Waals surface area contributed by atoms with Gasteiger partial charge >= 0.3 is 0 Å². The van der Waals surface area contributed by atoms with Crippen LogP contribution < -0.4 is 5.32 Å². The zero-order valence-electron chi connectivity index (χ0n) is 18.6. The highest BCUT2D eigenvalue weighted by Gasteiger charge is 2.21. The first kappa shape index (κ1) is 21.4. The number of fused-ring (bicyclic) bond motifs is 1. The van der Waals surface area contributed by atoms with Crippen LogP contribution in [0.25, 0.3) is 10.9 Å². The molecule has 1 fully saturated rings. The Morgan fingerprint density at radius 2 is 1.73 bits per heavy atom. The van der Waals surface area contributed by atoms with E-state index >= 15 is 0 Å². The monoisotopic (exact) mass is 436 g/mol. The van der Waals surface area contributed by atoms with Crippen LogP contribution in [-0.2, 0) is 11.2 Å². The predicted molar refractivity (Wildman–Crippen MR) is 130 cm³/mol. The van der Waals surface area contributed by atoms with Crippen molar-refractivity contribution in [1.82, 2.24) is 15.1 Å². The van der Waals surface area contributed by atoms with E-state index in [1.54, 1.807) is 0 Å². The minimum absolute atomic E-state index is 0.0214. The van der Waals surface area contributed by atoms with E-state index in [1.165, 1.54) is 6.42 Å². The van der Waals surface area contributed by atoms with Crippen molar-refractivity contribution in [3.05, 3.63) is 102 Å². The SMILES string of the molecule is N#CC(Cc1ccc2c(cnn2C2CCCCO2)c1)NC(c1ccccc1)c1ccccc1. The van der Waals surface area contributed by atoms with Gasteiger partial charge in [-0.15, -0.1) is 0 Å². The van der Waals surface area contributed by atoms with E-state index in [9.17, 15) is 5.26 Å². The first-order chi connectivity index (χ1) is 16.3. The average molecular weight is 437 g/mol. The Balaban J connectivity index is 1.36. The van der Waals surface area contributed by atoms with E-state index in [2.05, 4.69) is 58.9 Å². The quantitative estimate of drug-likeness (QED) is 0.413. The van der Waals surface area contributed by atoms with Crippen LogP contribution in [0.15, 0.2) is 85.1 Å². The second kappa shape index (κ2) is 9.99. The summed E-state index contributed by atoms with van der Waals surface area (Å²) in [7, 11) is 0. The zero-order chi connectivity index (χ0) is 22.5. The largest absolute Gasteiger partial charge is 0.356 e. The normalized spacial score (nSPS) is 17.2. The van der Waals surface area contributed by atoms with E-state index in [0.29, 0.717) is 6.42 Å². The van der Waals surface area contributed by atoms with Crippen LogP contribution in [0, 0.1) is 11.3 Å². The molecule has 1 aliphatic heterocycles. The molecule has 5 rings (SSSR count). The molecule has 1 saturated heterocycles. The van der Waals surface area contributed by atoms with Gasteiger partial charge in [0.2, 0.25) is 0 Å². The number of nitrogens with one attached hydrogen (secondary N) is 1. The fourth-order valence-electron chi connectivity index (χ4n) is 4.63. The Labute approximate surface area is 194 Å². The van der Waals surface area contributed by atoms with E-state index in [0.717, 1.165) is 47.0 Å². The van der Waals surface area contributed by atoms with Gasteiger partial charge in [0.15, 0.2) is 6.23 Å². The van der Waals surface area contributed by atoms with Gasteiger partial charge in [-0.3, -0.25) is 5.32 Å². The summed E-state index contributed by atoms with van der Waals surface area (Å²) in [4.78, 5) is 0. The Hall–Kier alpha value is -3.46. The second-order valence-corrected chi connectivity index (χ2v) is 8.61. The zero-order valence-corrected chi connectivity index (χ0v) is 18.6. The van der Waals surface area contributed by atoms with Gasteiger partial charge in [-0.05, 0) is 48.1 Å². The van der Waals surface area contributed by atoms with E-state index < -0.39 is 0 Å². The molecule has 5 nitrogen and oxygen atoms in total. The van der Waals surface area contributed by atoms with Gasteiger partial charge in [0.25, 0.3) is 0 Å². The third kappa shape index (κ3) is 4.83. The smallest absolute Gasteiger partial charge is 0.150 e. The van der Waals surface area contributed by atoms with Gasteiger partial charge in [0.1, 0.15) is 6.04 Å². The molecule has 0 saturated carbocycles. The van der Waals surface area contributed by atoms with Crippen molar-refractivity contribution >= 4 is 10.9 Å². The molecule has 2 heterocycles. The highest BCUT2D eigenvalue weighted by atomic mass is 16.5. The predicted octanol–water partition coefficient (Wildman–Crippen LogP) is 5.55. The van der Waals surface area contributed by atoms with E-state index in [-0.39, 0.29) is 18.3 Å². The number of nitrogens with zero attached hydrogens (tertiary/aromatic N) is 3. The van der Waals surface area contributed by atoms with Crippen molar-refractivity contribution in [2.24, 2.45) is 0 Å². The minimum Gasteiger partial charge on any atom is -0.356 e. The fraction of sp³-hybridized carbons (Fsp3) is 0.286. The standard InChI is InChI=1S/C28H28N4O/c29-19-25(31-28(22-9-3-1-4-10-22)23-11-5-2-6-12-23)18-21-14-15-26-24(17-21)20-30-32(26)27-13-7-8-16-33-27/h1-6,9-12,14-15,17,20,25,27-28,31H,7-8,13,16,18H2. The number of nitriles is 1. The third-order valence-electron chi connectivity index (χ3n) is 6.32. The molecule has 2 atom stereocenters. The molecule has 0 amide bonds. The highest BCUT2D eigenvalue weighted by molar-refractivity contribution is 5.79. The van der Waals surface area contributed by atoms with Crippen LogP contribution in [0.1, 0.15) is 48.2 Å². The van der Waals surface area contributed by atoms with Gasteiger partial charge in [-0.1, -0.05) is 66.7 Å². The highest BCUT2D eigenvalue weighted by Crippen LogP contribution is 2.27. The topological polar surface area (TPSA) is 62.9 Å². The number of rotatable bonds is 7. The van der Waals surface area contributed by atoms with Crippen LogP contribution in [0.3, 0.4) is 0 Å². The van der Waals surface area contributed by atoms with Gasteiger partial charge in [0.05, 0.1) is 23.8 Å². The van der Waals surface area contributed by atoms with Crippen LogP contribution in [0.4, 0.5) is 0 Å². The van der Waals surface area contributed by atoms with E-state index in [1.807, 2.05) is 47.3 Å². The molecule has 3 aromatic carbocycles. The lowest BCUT2D eigenvalue weighted by atomic mass is 9.96. The maximum absolute atomic E-state index is 9.97. The molecule has 1 aliphatic rings. The van der Waals surface area contributed by atoms with Crippen LogP contribution in [0.5, 0.6) is 0 Å². The van der Waals surface area contributed by atoms with Crippen molar-refractivity contribution in [3.63, 3.8) is 0 Å². The summed E-state index contributed by atoms with van der Waals surface area (Å²) in [6.07, 6.45) is 5.84. The molecule has 1 N–H and O–H groups in total. The number of aromatic nitrogens is 2. The van der Waals surface area contributed by atoms with Crippen molar-refractivity contribution in [1.29, 1.82) is 5.26 Å². The van der Waals surface area contributed by atoms with Gasteiger partial charge in [0, 0.05) is 18.4 Å². The molecular formula is C28H28N4O. The minimum atomic E-state index is -0.329. The molecule has 5 heteroatoms. The molecule has 0 bridgehead atoms. The van der Waals surface area contributed by atoms with Crippen LogP contribution in [-0.4, -0.2) is 22.4 Å². The van der Waals surface area contributed by atoms with Crippen molar-refractivity contribution < 1.29 is 4.74 Å². The summed E-state index contributed by atoms with van der Waals surface area (Å²) in [5.41, 5.74) is 4.49. The molecule has 166 valence electrons. The lowest BCUT2D eigenvalue weighted by Gasteiger charge is -2.24. The lowest BCUT2D eigenvalue weighted by Crippen LogP contribution is -2.34. The van der Waals surface area contributed by atoms with E-state index in [4.69, 9.17) is 4.74 Å². The summed E-state index contributed by atoms with van der Waals surface area (Å²) in [5.74, 6) is 0. The number of hydrogen-bond donors (Lipinski definition) is 1. The van der Waals surface area contributed by atoms with Gasteiger partial charge in [-0.2, -0.15) is 10.4 Å². The summed E-state index contributed by atoms with van der Waals surface area (Å²) >= 11 is 0. The molecule has 1 aromatic heterocycles.